The minimum absolute atomic E-state index is 0.802. The van der Waals surface area contributed by atoms with Crippen molar-refractivity contribution in [3.8, 4) is 0 Å². The van der Waals surface area contributed by atoms with Gasteiger partial charge in [-0.05, 0) is 39.0 Å². The fourth-order valence-electron chi connectivity index (χ4n) is 2.29. The van der Waals surface area contributed by atoms with Crippen molar-refractivity contribution in [2.45, 2.75) is 32.4 Å². The maximum atomic E-state index is 6.19. The molecule has 3 nitrogen and oxygen atoms in total. The van der Waals surface area contributed by atoms with E-state index >= 15 is 0 Å². The van der Waals surface area contributed by atoms with Gasteiger partial charge in [-0.1, -0.05) is 18.0 Å². The van der Waals surface area contributed by atoms with E-state index in [1.165, 1.54) is 43.6 Å². The molecule has 0 aromatic carbocycles. The predicted octanol–water partition coefficient (Wildman–Crippen LogP) is 2.37. The Morgan fingerprint density at radius 2 is 2.12 bits per heavy atom. The molecule has 1 saturated heterocycles. The zero-order valence-corrected chi connectivity index (χ0v) is 10.6. The first-order valence-corrected chi connectivity index (χ1v) is 6.40. The lowest BCUT2D eigenvalue weighted by atomic mass is 10.1. The van der Waals surface area contributed by atoms with Crippen molar-refractivity contribution >= 4 is 11.6 Å². The third-order valence-corrected chi connectivity index (χ3v) is 3.45. The van der Waals surface area contributed by atoms with Crippen molar-refractivity contribution in [2.75, 3.05) is 20.1 Å². The molecule has 0 bridgehead atoms. The Morgan fingerprint density at radius 1 is 1.38 bits per heavy atom. The Labute approximate surface area is 102 Å². The quantitative estimate of drug-likeness (QED) is 0.848. The molecule has 90 valence electrons. The van der Waals surface area contributed by atoms with Gasteiger partial charge in [0.15, 0.2) is 0 Å². The number of halogens is 1. The van der Waals surface area contributed by atoms with Crippen molar-refractivity contribution in [1.82, 2.24) is 15.2 Å². The predicted molar refractivity (Wildman–Crippen MR) is 67.7 cm³/mol. The average molecular weight is 242 g/mol. The SMILES string of the molecule is CNCc1cc(CN2CCCCC2)c(Cl)[nH]1. The number of aromatic amines is 1. The van der Waals surface area contributed by atoms with Crippen LogP contribution in [0.5, 0.6) is 0 Å². The molecule has 0 atom stereocenters. The first-order valence-electron chi connectivity index (χ1n) is 6.03. The van der Waals surface area contributed by atoms with Crippen molar-refractivity contribution < 1.29 is 0 Å². The summed E-state index contributed by atoms with van der Waals surface area (Å²) in [7, 11) is 1.94. The van der Waals surface area contributed by atoms with Crippen LogP contribution in [0.25, 0.3) is 0 Å². The van der Waals surface area contributed by atoms with E-state index in [1.807, 2.05) is 7.05 Å². The summed E-state index contributed by atoms with van der Waals surface area (Å²) in [6.07, 6.45) is 4.03. The van der Waals surface area contributed by atoms with E-state index < -0.39 is 0 Å². The molecule has 0 spiro atoms. The van der Waals surface area contributed by atoms with E-state index in [-0.39, 0.29) is 0 Å². The van der Waals surface area contributed by atoms with Crippen LogP contribution in [0.15, 0.2) is 6.07 Å². The molecule has 2 rings (SSSR count). The average Bonchev–Trinajstić information content (AvgIpc) is 2.61. The number of H-pyrrole nitrogens is 1. The largest absolute Gasteiger partial charge is 0.348 e. The molecule has 1 aliphatic heterocycles. The van der Waals surface area contributed by atoms with Crippen LogP contribution in [0.3, 0.4) is 0 Å². The third-order valence-electron chi connectivity index (χ3n) is 3.11. The van der Waals surface area contributed by atoms with Gasteiger partial charge in [-0.2, -0.15) is 0 Å². The highest BCUT2D eigenvalue weighted by molar-refractivity contribution is 6.30. The molecular formula is C12H20ClN3. The second kappa shape index (κ2) is 5.71. The van der Waals surface area contributed by atoms with Crippen molar-refractivity contribution in [3.05, 3.63) is 22.5 Å². The van der Waals surface area contributed by atoms with Crippen LogP contribution in [-0.2, 0) is 13.1 Å². The number of piperidine rings is 1. The van der Waals surface area contributed by atoms with Crippen LogP contribution in [0.1, 0.15) is 30.5 Å². The molecule has 0 unspecified atom stereocenters. The highest BCUT2D eigenvalue weighted by Gasteiger charge is 2.13. The van der Waals surface area contributed by atoms with Crippen LogP contribution in [0.4, 0.5) is 0 Å². The highest BCUT2D eigenvalue weighted by atomic mass is 35.5. The van der Waals surface area contributed by atoms with Crippen LogP contribution in [0.2, 0.25) is 5.15 Å². The molecule has 4 heteroatoms. The lowest BCUT2D eigenvalue weighted by Crippen LogP contribution is -2.29. The van der Waals surface area contributed by atoms with Gasteiger partial charge in [-0.25, -0.2) is 0 Å². The van der Waals surface area contributed by atoms with E-state index in [0.29, 0.717) is 0 Å². The van der Waals surface area contributed by atoms with E-state index in [9.17, 15) is 0 Å². The van der Waals surface area contributed by atoms with Gasteiger partial charge in [0.25, 0.3) is 0 Å². The van der Waals surface area contributed by atoms with Gasteiger partial charge < -0.3 is 10.3 Å². The number of rotatable bonds is 4. The van der Waals surface area contributed by atoms with Gasteiger partial charge in [0.1, 0.15) is 5.15 Å². The van der Waals surface area contributed by atoms with Gasteiger partial charge in [-0.3, -0.25) is 4.90 Å². The van der Waals surface area contributed by atoms with Gasteiger partial charge in [-0.15, -0.1) is 0 Å². The van der Waals surface area contributed by atoms with E-state index in [0.717, 1.165) is 18.2 Å². The minimum atomic E-state index is 0.802. The number of hydrogen-bond donors (Lipinski definition) is 2. The maximum absolute atomic E-state index is 6.19. The number of aromatic nitrogens is 1. The van der Waals surface area contributed by atoms with Gasteiger partial charge in [0.2, 0.25) is 0 Å². The van der Waals surface area contributed by atoms with E-state index in [1.54, 1.807) is 0 Å². The lowest BCUT2D eigenvalue weighted by molar-refractivity contribution is 0.221. The molecule has 1 aromatic heterocycles. The maximum Gasteiger partial charge on any atom is 0.111 e. The number of hydrogen-bond acceptors (Lipinski definition) is 2. The van der Waals surface area contributed by atoms with Crippen LogP contribution in [-0.4, -0.2) is 30.0 Å². The summed E-state index contributed by atoms with van der Waals surface area (Å²) in [5.41, 5.74) is 2.40. The minimum Gasteiger partial charge on any atom is -0.348 e. The number of nitrogens with zero attached hydrogens (tertiary/aromatic N) is 1. The summed E-state index contributed by atoms with van der Waals surface area (Å²) in [6.45, 7) is 4.25. The number of likely N-dealkylation sites (tertiary alicyclic amines) is 1. The first kappa shape index (κ1) is 12.0. The Balaban J connectivity index is 1.96. The van der Waals surface area contributed by atoms with Gasteiger partial charge >= 0.3 is 0 Å². The number of nitrogens with one attached hydrogen (secondary N) is 2. The second-order valence-electron chi connectivity index (χ2n) is 4.50. The van der Waals surface area contributed by atoms with Crippen molar-refractivity contribution in [1.29, 1.82) is 0 Å². The van der Waals surface area contributed by atoms with E-state index in [2.05, 4.69) is 21.3 Å². The van der Waals surface area contributed by atoms with Crippen LogP contribution >= 0.6 is 11.6 Å². The Bertz CT molecular complexity index is 329. The van der Waals surface area contributed by atoms with Crippen LogP contribution in [0, 0.1) is 0 Å². The summed E-state index contributed by atoms with van der Waals surface area (Å²) in [5.74, 6) is 0. The molecule has 1 aliphatic rings. The molecule has 0 amide bonds. The second-order valence-corrected chi connectivity index (χ2v) is 4.88. The van der Waals surface area contributed by atoms with Gasteiger partial charge in [0, 0.05) is 24.3 Å². The van der Waals surface area contributed by atoms with E-state index in [4.69, 9.17) is 11.6 Å². The zero-order chi connectivity index (χ0) is 11.4. The van der Waals surface area contributed by atoms with Crippen molar-refractivity contribution in [2.24, 2.45) is 0 Å². The molecule has 2 N–H and O–H groups in total. The smallest absolute Gasteiger partial charge is 0.111 e. The third kappa shape index (κ3) is 3.00. The fourth-order valence-corrected chi connectivity index (χ4v) is 2.53. The standard InChI is InChI=1S/C12H20ClN3/c1-14-8-11-7-10(12(13)15-11)9-16-5-3-2-4-6-16/h7,14-15H,2-6,8-9H2,1H3. The molecule has 1 fully saturated rings. The highest BCUT2D eigenvalue weighted by Crippen LogP contribution is 2.20. The molecule has 0 radical (unpaired) electrons. The topological polar surface area (TPSA) is 31.1 Å². The normalized spacial score (nSPS) is 17.9. The zero-order valence-electron chi connectivity index (χ0n) is 9.85. The molecule has 0 aliphatic carbocycles. The Morgan fingerprint density at radius 3 is 2.81 bits per heavy atom. The summed E-state index contributed by atoms with van der Waals surface area (Å²) >= 11 is 6.19. The summed E-state index contributed by atoms with van der Waals surface area (Å²) < 4.78 is 0. The summed E-state index contributed by atoms with van der Waals surface area (Å²) in [4.78, 5) is 5.70. The Kier molecular flexibility index (Phi) is 4.27. The lowest BCUT2D eigenvalue weighted by Gasteiger charge is -2.26. The molecular weight excluding hydrogens is 222 g/mol. The monoisotopic (exact) mass is 241 g/mol. The summed E-state index contributed by atoms with van der Waals surface area (Å²) in [5, 5.41) is 3.93. The first-order chi connectivity index (χ1) is 7.79. The van der Waals surface area contributed by atoms with Crippen LogP contribution < -0.4 is 5.32 Å². The molecule has 1 aromatic rings. The Hall–Kier alpha value is -0.510. The molecule has 2 heterocycles. The molecule has 16 heavy (non-hydrogen) atoms. The fraction of sp³-hybridized carbons (Fsp3) is 0.667. The summed E-state index contributed by atoms with van der Waals surface area (Å²) in [6, 6.07) is 2.17. The van der Waals surface area contributed by atoms with Crippen molar-refractivity contribution in [3.63, 3.8) is 0 Å². The molecule has 0 saturated carbocycles. The van der Waals surface area contributed by atoms with Gasteiger partial charge in [0.05, 0.1) is 0 Å².